The second-order valence-electron chi connectivity index (χ2n) is 8.24. The van der Waals surface area contributed by atoms with Crippen LogP contribution in [-0.2, 0) is 25.8 Å². The molecule has 12 heteroatoms. The summed E-state index contributed by atoms with van der Waals surface area (Å²) in [6.45, 7) is 0. The van der Waals surface area contributed by atoms with E-state index in [1.54, 1.807) is 30.3 Å². The van der Waals surface area contributed by atoms with Crippen molar-refractivity contribution >= 4 is 61.4 Å². The molecule has 0 fully saturated rings. The lowest BCUT2D eigenvalue weighted by Gasteiger charge is -2.19. The molecule has 1 aliphatic rings. The molecule has 8 nitrogen and oxygen atoms in total. The van der Waals surface area contributed by atoms with Crippen LogP contribution in [0.5, 0.6) is 5.75 Å². The Bertz CT molecular complexity index is 1430. The number of nitrogens with one attached hydrogen (secondary N) is 1. The maximum atomic E-state index is 13.3. The number of anilines is 1. The maximum absolute atomic E-state index is 13.3. The third-order valence-electron chi connectivity index (χ3n) is 5.59. The highest BCUT2D eigenvalue weighted by Crippen LogP contribution is 2.32. The Balaban J connectivity index is 1.61. The highest BCUT2D eigenvalue weighted by molar-refractivity contribution is 7.95. The van der Waals surface area contributed by atoms with Gasteiger partial charge in [-0.1, -0.05) is 52.7 Å². The van der Waals surface area contributed by atoms with E-state index in [4.69, 9.17) is 33.0 Å². The number of amides is 1. The van der Waals surface area contributed by atoms with E-state index in [1.807, 2.05) is 0 Å². The van der Waals surface area contributed by atoms with E-state index in [-0.39, 0.29) is 26.5 Å². The minimum atomic E-state index is -3.61. The van der Waals surface area contributed by atoms with Gasteiger partial charge in [-0.05, 0) is 62.1 Å². The number of carboxylic acid groups (broad SMARTS) is 1. The zero-order chi connectivity index (χ0) is 26.6. The fraction of sp³-hybridized carbons (Fsp3) is 0.240. The Morgan fingerprint density at radius 3 is 2.41 bits per heavy atom. The number of aliphatic carboxylic acids is 1. The number of nitrogens with zero attached hydrogens (tertiary/aromatic N) is 1. The molecule has 1 aliphatic carbocycles. The van der Waals surface area contributed by atoms with Gasteiger partial charge in [0.15, 0.2) is 5.13 Å². The monoisotopic (exact) mass is 580 g/mol. The Morgan fingerprint density at radius 1 is 1.08 bits per heavy atom. The van der Waals surface area contributed by atoms with Gasteiger partial charge < -0.3 is 9.84 Å². The summed E-state index contributed by atoms with van der Waals surface area (Å²) in [7, 11) is -3.61. The number of carboxylic acids is 1. The van der Waals surface area contributed by atoms with E-state index in [2.05, 4.69) is 10.3 Å². The van der Waals surface area contributed by atoms with Gasteiger partial charge in [0.1, 0.15) is 10.1 Å². The number of aromatic nitrogens is 1. The molecule has 194 valence electrons. The molecular formula is C25H22Cl2N2O6S2. The summed E-state index contributed by atoms with van der Waals surface area (Å²) < 4.78 is 32.2. The number of rotatable bonds is 9. The lowest BCUT2D eigenvalue weighted by atomic mass is 10.1. The number of benzene rings is 2. The van der Waals surface area contributed by atoms with Crippen molar-refractivity contribution < 1.29 is 27.9 Å². The van der Waals surface area contributed by atoms with Crippen LogP contribution < -0.4 is 10.1 Å². The maximum Gasteiger partial charge on any atom is 0.309 e. The first-order valence-electron chi connectivity index (χ1n) is 11.3. The average molecular weight is 581 g/mol. The number of carbonyl (C=O) groups excluding carboxylic acids is 1. The first-order chi connectivity index (χ1) is 17.6. The Hall–Kier alpha value is -2.92. The van der Waals surface area contributed by atoms with E-state index in [0.717, 1.165) is 30.6 Å². The number of halogens is 2. The Labute approximate surface area is 227 Å². The first-order valence-corrected chi connectivity index (χ1v) is 14.3. The molecule has 1 heterocycles. The summed E-state index contributed by atoms with van der Waals surface area (Å²) in [6.07, 6.45) is 3.24. The largest absolute Gasteiger partial charge is 0.481 e. The molecule has 1 unspecified atom stereocenters. The number of carbonyl (C=O) groups is 2. The van der Waals surface area contributed by atoms with Gasteiger partial charge in [-0.25, -0.2) is 13.4 Å². The SMILES string of the molecule is O=C(O)Cc1nc(NC(=O)C(Oc2ccc(Cl)cc2)c2ccc(S(=O)(=O)C3=CCCCC3)cc2)sc1Cl. The summed E-state index contributed by atoms with van der Waals surface area (Å²) in [5.41, 5.74) is 0.536. The summed E-state index contributed by atoms with van der Waals surface area (Å²) in [5.74, 6) is -1.35. The normalized spacial score (nSPS) is 14.5. The van der Waals surface area contributed by atoms with Crippen LogP contribution in [0.1, 0.15) is 43.0 Å². The fourth-order valence-electron chi connectivity index (χ4n) is 3.76. The molecule has 1 aromatic heterocycles. The van der Waals surface area contributed by atoms with Crippen LogP contribution in [0.4, 0.5) is 5.13 Å². The van der Waals surface area contributed by atoms with E-state index in [0.29, 0.717) is 27.7 Å². The second-order valence-corrected chi connectivity index (χ2v) is 12.3. The van der Waals surface area contributed by atoms with Crippen LogP contribution in [0.3, 0.4) is 0 Å². The van der Waals surface area contributed by atoms with Gasteiger partial charge in [0.2, 0.25) is 15.9 Å². The molecule has 37 heavy (non-hydrogen) atoms. The van der Waals surface area contributed by atoms with Gasteiger partial charge in [-0.3, -0.25) is 14.9 Å². The summed E-state index contributed by atoms with van der Waals surface area (Å²) in [4.78, 5) is 28.9. The van der Waals surface area contributed by atoms with Gasteiger partial charge in [0, 0.05) is 15.5 Å². The number of hydrogen-bond donors (Lipinski definition) is 2. The summed E-state index contributed by atoms with van der Waals surface area (Å²) in [6, 6.07) is 12.4. The molecule has 3 aromatic rings. The van der Waals surface area contributed by atoms with Crippen LogP contribution in [-0.4, -0.2) is 30.4 Å². The van der Waals surface area contributed by atoms with Crippen molar-refractivity contribution in [3.8, 4) is 5.75 Å². The van der Waals surface area contributed by atoms with E-state index >= 15 is 0 Å². The van der Waals surface area contributed by atoms with Crippen molar-refractivity contribution in [2.45, 2.75) is 43.1 Å². The van der Waals surface area contributed by atoms with Crippen molar-refractivity contribution in [2.24, 2.45) is 0 Å². The third-order valence-corrected chi connectivity index (χ3v) is 9.05. The number of ether oxygens (including phenoxy) is 1. The smallest absolute Gasteiger partial charge is 0.309 e. The quantitative estimate of drug-likeness (QED) is 0.315. The topological polar surface area (TPSA) is 123 Å². The van der Waals surface area contributed by atoms with Crippen molar-refractivity contribution in [2.75, 3.05) is 5.32 Å². The molecule has 2 N–H and O–H groups in total. The van der Waals surface area contributed by atoms with Gasteiger partial charge in [-0.15, -0.1) is 0 Å². The number of hydrogen-bond acceptors (Lipinski definition) is 7. The summed E-state index contributed by atoms with van der Waals surface area (Å²) >= 11 is 13.0. The molecule has 0 spiro atoms. The molecule has 0 bridgehead atoms. The van der Waals surface area contributed by atoms with E-state index in [9.17, 15) is 18.0 Å². The lowest BCUT2D eigenvalue weighted by molar-refractivity contribution is -0.136. The summed E-state index contributed by atoms with van der Waals surface area (Å²) in [5, 5.41) is 12.2. The predicted octanol–water partition coefficient (Wildman–Crippen LogP) is 6.07. The fourth-order valence-corrected chi connectivity index (χ4v) is 6.47. The van der Waals surface area contributed by atoms with Crippen molar-refractivity contribution in [3.63, 3.8) is 0 Å². The molecule has 0 saturated carbocycles. The third kappa shape index (κ3) is 6.70. The highest BCUT2D eigenvalue weighted by Gasteiger charge is 2.27. The Kier molecular flexibility index (Phi) is 8.53. The minimum Gasteiger partial charge on any atom is -0.481 e. The first kappa shape index (κ1) is 27.1. The molecule has 0 saturated heterocycles. The van der Waals surface area contributed by atoms with Crippen molar-refractivity contribution in [1.82, 2.24) is 4.98 Å². The molecular weight excluding hydrogens is 559 g/mol. The standard InChI is InChI=1S/C25H22Cl2N2O6S2/c26-16-8-10-17(11-9-16)35-22(24(32)29-25-28-20(14-21(30)31)23(27)36-25)15-6-12-19(13-7-15)37(33,34)18-4-2-1-3-5-18/h4,6-13,22H,1-3,5,14H2,(H,30,31)(H,28,29,32). The highest BCUT2D eigenvalue weighted by atomic mass is 35.5. The van der Waals surface area contributed by atoms with Crippen LogP contribution in [0.25, 0.3) is 0 Å². The number of thiazole rings is 1. The second kappa shape index (κ2) is 11.6. The van der Waals surface area contributed by atoms with Crippen molar-refractivity contribution in [3.05, 3.63) is 80.1 Å². The zero-order valence-electron chi connectivity index (χ0n) is 19.3. The zero-order valence-corrected chi connectivity index (χ0v) is 22.5. The minimum absolute atomic E-state index is 0.111. The molecule has 1 atom stereocenters. The predicted molar refractivity (Wildman–Crippen MR) is 142 cm³/mol. The molecule has 1 amide bonds. The van der Waals surface area contributed by atoms with Gasteiger partial charge in [-0.2, -0.15) is 0 Å². The van der Waals surface area contributed by atoms with Gasteiger partial charge in [0.25, 0.3) is 5.91 Å². The van der Waals surface area contributed by atoms with Crippen LogP contribution in [0, 0.1) is 0 Å². The van der Waals surface area contributed by atoms with Gasteiger partial charge in [0.05, 0.1) is 17.0 Å². The molecule has 0 aliphatic heterocycles. The van der Waals surface area contributed by atoms with E-state index < -0.39 is 27.8 Å². The average Bonchev–Trinajstić information content (AvgIpc) is 3.21. The lowest BCUT2D eigenvalue weighted by Crippen LogP contribution is -2.25. The molecule has 2 aromatic carbocycles. The van der Waals surface area contributed by atoms with Gasteiger partial charge >= 0.3 is 5.97 Å². The number of sulfone groups is 1. The van der Waals surface area contributed by atoms with Crippen molar-refractivity contribution in [1.29, 1.82) is 0 Å². The Morgan fingerprint density at radius 2 is 1.78 bits per heavy atom. The molecule has 4 rings (SSSR count). The van der Waals surface area contributed by atoms with Crippen LogP contribution in [0.2, 0.25) is 9.36 Å². The number of allylic oxidation sites excluding steroid dienone is 2. The van der Waals surface area contributed by atoms with E-state index in [1.165, 1.54) is 24.3 Å². The molecule has 0 radical (unpaired) electrons. The van der Waals surface area contributed by atoms with Crippen LogP contribution in [0.15, 0.2) is 64.4 Å². The van der Waals surface area contributed by atoms with Crippen LogP contribution >= 0.6 is 34.5 Å².